The molecule has 1 unspecified atom stereocenters. The monoisotopic (exact) mass is 299 g/mol. The lowest BCUT2D eigenvalue weighted by molar-refractivity contribution is 0.522. The van der Waals surface area contributed by atoms with E-state index in [0.717, 1.165) is 29.0 Å². The largest absolute Gasteiger partial charge is 0.326 e. The van der Waals surface area contributed by atoms with Crippen molar-refractivity contribution in [3.05, 3.63) is 64.9 Å². The third-order valence-electron chi connectivity index (χ3n) is 3.86. The maximum Gasteiger partial charge on any atom is 0.134 e. The Morgan fingerprint density at radius 3 is 2.57 bits per heavy atom. The molecule has 21 heavy (non-hydrogen) atoms. The first-order valence-corrected chi connectivity index (χ1v) is 7.42. The summed E-state index contributed by atoms with van der Waals surface area (Å²) in [6.45, 7) is 4.88. The fraction of sp³-hybridized carbons (Fsp3) is 0.235. The van der Waals surface area contributed by atoms with Gasteiger partial charge >= 0.3 is 0 Å². The second-order valence-electron chi connectivity index (χ2n) is 5.38. The third-order valence-corrected chi connectivity index (χ3v) is 4.10. The Labute approximate surface area is 129 Å². The summed E-state index contributed by atoms with van der Waals surface area (Å²) in [5, 5.41) is 0.710. The van der Waals surface area contributed by atoms with Crippen LogP contribution in [0.4, 0.5) is 0 Å². The number of aromatic nitrogens is 2. The van der Waals surface area contributed by atoms with Gasteiger partial charge in [0.15, 0.2) is 0 Å². The smallest absolute Gasteiger partial charge is 0.134 e. The zero-order valence-corrected chi connectivity index (χ0v) is 12.9. The Bertz CT molecular complexity index is 775. The lowest BCUT2D eigenvalue weighted by atomic mass is 9.92. The van der Waals surface area contributed by atoms with Gasteiger partial charge in [0.25, 0.3) is 0 Å². The van der Waals surface area contributed by atoms with E-state index in [1.54, 1.807) is 0 Å². The first-order chi connectivity index (χ1) is 10.0. The van der Waals surface area contributed by atoms with E-state index in [1.807, 2.05) is 55.5 Å². The van der Waals surface area contributed by atoms with Crippen LogP contribution in [0.3, 0.4) is 0 Å². The summed E-state index contributed by atoms with van der Waals surface area (Å²) in [5.41, 5.74) is 8.96. The Kier molecular flexibility index (Phi) is 3.47. The second-order valence-corrected chi connectivity index (χ2v) is 5.82. The normalized spacial score (nSPS) is 14.3. The highest BCUT2D eigenvalue weighted by atomic mass is 35.5. The molecule has 3 aromatic rings. The van der Waals surface area contributed by atoms with Gasteiger partial charge in [-0.05, 0) is 37.6 Å². The summed E-state index contributed by atoms with van der Waals surface area (Å²) in [5.74, 6) is 0.855. The molecule has 2 N–H and O–H groups in total. The van der Waals surface area contributed by atoms with Gasteiger partial charge in [-0.25, -0.2) is 4.98 Å². The highest BCUT2D eigenvalue weighted by Crippen LogP contribution is 2.30. The average molecular weight is 300 g/mol. The summed E-state index contributed by atoms with van der Waals surface area (Å²) in [6.07, 6.45) is 0. The quantitative estimate of drug-likeness (QED) is 0.796. The first kappa shape index (κ1) is 14.1. The van der Waals surface area contributed by atoms with Crippen molar-refractivity contribution in [2.45, 2.75) is 25.9 Å². The molecule has 2 aromatic carbocycles. The molecule has 0 aliphatic rings. The molecule has 0 aliphatic heterocycles. The first-order valence-electron chi connectivity index (χ1n) is 7.04. The molecular weight excluding hydrogens is 282 g/mol. The van der Waals surface area contributed by atoms with Crippen molar-refractivity contribution >= 4 is 22.6 Å². The number of hydrogen-bond donors (Lipinski definition) is 1. The molecule has 0 spiro atoms. The summed E-state index contributed by atoms with van der Waals surface area (Å²) < 4.78 is 2.13. The summed E-state index contributed by atoms with van der Waals surface area (Å²) >= 11 is 6.12. The summed E-state index contributed by atoms with van der Waals surface area (Å²) in [4.78, 5) is 4.75. The number of fused-ring (bicyclic) bond motifs is 1. The predicted molar refractivity (Wildman–Crippen MR) is 87.5 cm³/mol. The van der Waals surface area contributed by atoms with Crippen LogP contribution in [-0.2, 0) is 12.1 Å². The van der Waals surface area contributed by atoms with Crippen LogP contribution in [0.2, 0.25) is 5.02 Å². The molecule has 1 aromatic heterocycles. The van der Waals surface area contributed by atoms with Crippen LogP contribution < -0.4 is 5.73 Å². The van der Waals surface area contributed by atoms with Crippen LogP contribution in [0.25, 0.3) is 11.0 Å². The molecule has 4 heteroatoms. The van der Waals surface area contributed by atoms with Gasteiger partial charge in [0.05, 0.1) is 16.6 Å². The highest BCUT2D eigenvalue weighted by molar-refractivity contribution is 6.31. The average Bonchev–Trinajstić information content (AvgIpc) is 2.86. The van der Waals surface area contributed by atoms with Crippen molar-refractivity contribution < 1.29 is 0 Å². The van der Waals surface area contributed by atoms with Crippen molar-refractivity contribution in [1.29, 1.82) is 0 Å². The lowest BCUT2D eigenvalue weighted by Gasteiger charge is -2.25. The standard InChI is InChI=1S/C17H18ClN3/c1-3-21-15-11-13(18)9-10-14(15)20-16(21)17(2,19)12-7-5-4-6-8-12/h4-11H,3,19H2,1-2H3. The molecular formula is C17H18ClN3. The number of halogens is 1. The van der Waals surface area contributed by atoms with Crippen LogP contribution >= 0.6 is 11.6 Å². The van der Waals surface area contributed by atoms with Gasteiger partial charge in [0, 0.05) is 11.6 Å². The van der Waals surface area contributed by atoms with Crippen molar-refractivity contribution in [3.63, 3.8) is 0 Å². The van der Waals surface area contributed by atoms with Crippen LogP contribution in [0.1, 0.15) is 25.2 Å². The minimum atomic E-state index is -0.650. The second kappa shape index (κ2) is 5.17. The number of imidazole rings is 1. The summed E-state index contributed by atoms with van der Waals surface area (Å²) in [7, 11) is 0. The molecule has 1 heterocycles. The van der Waals surface area contributed by atoms with Crippen LogP contribution in [0, 0.1) is 0 Å². The fourth-order valence-corrected chi connectivity index (χ4v) is 2.89. The molecule has 0 bridgehead atoms. The number of benzene rings is 2. The van der Waals surface area contributed by atoms with Crippen LogP contribution in [-0.4, -0.2) is 9.55 Å². The van der Waals surface area contributed by atoms with Gasteiger partial charge < -0.3 is 10.3 Å². The van der Waals surface area contributed by atoms with Gasteiger partial charge in [-0.2, -0.15) is 0 Å². The van der Waals surface area contributed by atoms with Gasteiger partial charge in [0.2, 0.25) is 0 Å². The number of nitrogens with two attached hydrogens (primary N) is 1. The van der Waals surface area contributed by atoms with Gasteiger partial charge in [-0.3, -0.25) is 0 Å². The van der Waals surface area contributed by atoms with Crippen molar-refractivity contribution in [2.75, 3.05) is 0 Å². The van der Waals surface area contributed by atoms with Crippen LogP contribution in [0.15, 0.2) is 48.5 Å². The SMILES string of the molecule is CCn1c(C(C)(N)c2ccccc2)nc2ccc(Cl)cc21. The Balaban J connectivity index is 2.24. The molecule has 0 amide bonds. The predicted octanol–water partition coefficient (Wildman–Crippen LogP) is 3.93. The maximum atomic E-state index is 6.62. The lowest BCUT2D eigenvalue weighted by Crippen LogP contribution is -2.37. The van der Waals surface area contributed by atoms with E-state index in [2.05, 4.69) is 11.5 Å². The molecule has 3 nitrogen and oxygen atoms in total. The number of rotatable bonds is 3. The van der Waals surface area contributed by atoms with E-state index in [1.165, 1.54) is 0 Å². The van der Waals surface area contributed by atoms with E-state index < -0.39 is 5.54 Å². The number of aryl methyl sites for hydroxylation is 1. The molecule has 108 valence electrons. The Morgan fingerprint density at radius 2 is 1.90 bits per heavy atom. The Hall–Kier alpha value is -1.84. The van der Waals surface area contributed by atoms with Crippen LogP contribution in [0.5, 0.6) is 0 Å². The van der Waals surface area contributed by atoms with Gasteiger partial charge in [-0.1, -0.05) is 41.9 Å². The molecule has 0 saturated carbocycles. The highest BCUT2D eigenvalue weighted by Gasteiger charge is 2.29. The number of nitrogens with zero attached hydrogens (tertiary/aromatic N) is 2. The van der Waals surface area contributed by atoms with E-state index in [4.69, 9.17) is 22.3 Å². The molecule has 0 aliphatic carbocycles. The number of hydrogen-bond acceptors (Lipinski definition) is 2. The van der Waals surface area contributed by atoms with E-state index in [0.29, 0.717) is 5.02 Å². The Morgan fingerprint density at radius 1 is 1.19 bits per heavy atom. The van der Waals surface area contributed by atoms with E-state index in [9.17, 15) is 0 Å². The topological polar surface area (TPSA) is 43.8 Å². The van der Waals surface area contributed by atoms with Crippen molar-refractivity contribution in [3.8, 4) is 0 Å². The minimum Gasteiger partial charge on any atom is -0.326 e. The molecule has 3 rings (SSSR count). The van der Waals surface area contributed by atoms with Gasteiger partial charge in [0.1, 0.15) is 5.82 Å². The van der Waals surface area contributed by atoms with E-state index >= 15 is 0 Å². The summed E-state index contributed by atoms with van der Waals surface area (Å²) in [6, 6.07) is 15.8. The van der Waals surface area contributed by atoms with Crippen molar-refractivity contribution in [2.24, 2.45) is 5.73 Å². The molecule has 1 atom stereocenters. The molecule has 0 radical (unpaired) electrons. The van der Waals surface area contributed by atoms with Crippen molar-refractivity contribution in [1.82, 2.24) is 9.55 Å². The van der Waals surface area contributed by atoms with Gasteiger partial charge in [-0.15, -0.1) is 0 Å². The third kappa shape index (κ3) is 2.33. The van der Waals surface area contributed by atoms with E-state index in [-0.39, 0.29) is 0 Å². The zero-order chi connectivity index (χ0) is 15.0. The zero-order valence-electron chi connectivity index (χ0n) is 12.2. The minimum absolute atomic E-state index is 0.650. The molecule has 0 saturated heterocycles. The maximum absolute atomic E-state index is 6.62. The fourth-order valence-electron chi connectivity index (χ4n) is 2.73. The molecule has 0 fully saturated rings.